The number of carboxylic acids is 1. The Morgan fingerprint density at radius 2 is 1.77 bits per heavy atom. The van der Waals surface area contributed by atoms with Gasteiger partial charge in [-0.25, -0.2) is 4.68 Å². The van der Waals surface area contributed by atoms with Crippen LogP contribution in [-0.4, -0.2) is 44.6 Å². The first-order valence-electron chi connectivity index (χ1n) is 11.5. The van der Waals surface area contributed by atoms with E-state index in [0.717, 1.165) is 16.7 Å². The summed E-state index contributed by atoms with van der Waals surface area (Å²) in [5.41, 5.74) is 3.06. The highest BCUT2D eigenvalue weighted by Crippen LogP contribution is 2.26. The first kappa shape index (κ1) is 26.0. The van der Waals surface area contributed by atoms with E-state index < -0.39 is 24.0 Å². The molecule has 1 amide bonds. The van der Waals surface area contributed by atoms with Gasteiger partial charge in [0.15, 0.2) is 5.69 Å². The average Bonchev–Trinajstić information content (AvgIpc) is 3.23. The molecule has 186 valence electrons. The molecule has 0 fully saturated rings. The first-order valence-corrected chi connectivity index (χ1v) is 11.5. The predicted octanol–water partition coefficient (Wildman–Crippen LogP) is 4.22. The summed E-state index contributed by atoms with van der Waals surface area (Å²) in [5.74, 6) is -1.24. The van der Waals surface area contributed by atoms with Gasteiger partial charge in [0, 0.05) is 6.07 Å². The van der Waals surface area contributed by atoms with Crippen LogP contribution in [0.15, 0.2) is 54.6 Å². The van der Waals surface area contributed by atoms with Crippen LogP contribution >= 0.6 is 0 Å². The zero-order chi connectivity index (χ0) is 25.8. The predicted molar refractivity (Wildman–Crippen MR) is 133 cm³/mol. The summed E-state index contributed by atoms with van der Waals surface area (Å²) in [6.07, 6.45) is -1.00. The molecule has 1 aromatic heterocycles. The van der Waals surface area contributed by atoms with E-state index in [1.165, 1.54) is 10.7 Å². The van der Waals surface area contributed by atoms with Crippen molar-refractivity contribution < 1.29 is 24.5 Å². The smallest absolute Gasteiger partial charge is 0.305 e. The minimum atomic E-state index is -1.02. The monoisotopic (exact) mass is 479 g/mol. The Balaban J connectivity index is 1.92. The van der Waals surface area contributed by atoms with Gasteiger partial charge in [0.2, 0.25) is 5.88 Å². The third-order valence-corrected chi connectivity index (χ3v) is 6.00. The molecule has 0 bridgehead atoms. The second-order valence-electron chi connectivity index (χ2n) is 9.72. The van der Waals surface area contributed by atoms with E-state index in [1.807, 2.05) is 83.1 Å². The summed E-state index contributed by atoms with van der Waals surface area (Å²) in [4.78, 5) is 24.8. The largest absolute Gasteiger partial charge is 0.481 e. The van der Waals surface area contributed by atoms with E-state index in [0.29, 0.717) is 11.6 Å². The molecule has 2 atom stereocenters. The van der Waals surface area contributed by atoms with Gasteiger partial charge in [-0.3, -0.25) is 9.59 Å². The Kier molecular flexibility index (Phi) is 7.96. The molecule has 8 heteroatoms. The number of hydrogen-bond donors (Lipinski definition) is 3. The van der Waals surface area contributed by atoms with Crippen molar-refractivity contribution in [3.63, 3.8) is 0 Å². The van der Waals surface area contributed by atoms with Crippen LogP contribution < -0.4 is 10.1 Å². The van der Waals surface area contributed by atoms with Crippen molar-refractivity contribution >= 4 is 11.9 Å². The van der Waals surface area contributed by atoms with Crippen molar-refractivity contribution in [2.45, 2.75) is 53.2 Å². The molecule has 3 rings (SSSR count). The fourth-order valence-electron chi connectivity index (χ4n) is 3.54. The number of carbonyl (C=O) groups is 2. The van der Waals surface area contributed by atoms with E-state index in [2.05, 4.69) is 10.4 Å². The summed E-state index contributed by atoms with van der Waals surface area (Å²) in [5, 5.41) is 27.1. The highest BCUT2D eigenvalue weighted by molar-refractivity contribution is 5.93. The Labute approximate surface area is 205 Å². The molecule has 0 spiro atoms. The van der Waals surface area contributed by atoms with Gasteiger partial charge in [0.25, 0.3) is 5.91 Å². The number of aliphatic hydroxyl groups excluding tert-OH is 1. The van der Waals surface area contributed by atoms with Crippen LogP contribution in [-0.2, 0) is 4.79 Å². The molecule has 0 aliphatic heterocycles. The highest BCUT2D eigenvalue weighted by atomic mass is 16.5. The second-order valence-corrected chi connectivity index (χ2v) is 9.72. The maximum Gasteiger partial charge on any atom is 0.305 e. The van der Waals surface area contributed by atoms with Crippen LogP contribution in [0.25, 0.3) is 5.69 Å². The molecule has 0 saturated heterocycles. The quantitative estimate of drug-likeness (QED) is 0.423. The van der Waals surface area contributed by atoms with Gasteiger partial charge in [0.1, 0.15) is 6.61 Å². The highest BCUT2D eigenvalue weighted by Gasteiger charge is 2.26. The number of nitrogens with one attached hydrogen (secondary N) is 1. The number of aryl methyl sites for hydroxylation is 1. The van der Waals surface area contributed by atoms with Crippen LogP contribution in [0.1, 0.15) is 60.4 Å². The van der Waals surface area contributed by atoms with Crippen molar-refractivity contribution in [1.29, 1.82) is 0 Å². The van der Waals surface area contributed by atoms with E-state index in [4.69, 9.17) is 4.74 Å². The Bertz CT molecular complexity index is 1180. The summed E-state index contributed by atoms with van der Waals surface area (Å²) < 4.78 is 7.37. The van der Waals surface area contributed by atoms with Gasteiger partial charge in [-0.1, -0.05) is 57.2 Å². The normalized spacial score (nSPS) is 13.2. The molecule has 2 aromatic carbocycles. The molecular formula is C27H33N3O5. The number of amides is 1. The number of carbonyl (C=O) groups excluding carboxylic acids is 1. The molecule has 0 saturated carbocycles. The number of hydrogen-bond acceptors (Lipinski definition) is 5. The van der Waals surface area contributed by atoms with Crippen LogP contribution in [0.5, 0.6) is 5.88 Å². The lowest BCUT2D eigenvalue weighted by Gasteiger charge is -2.25. The molecule has 8 nitrogen and oxygen atoms in total. The number of aliphatic carboxylic acids is 1. The van der Waals surface area contributed by atoms with Crippen molar-refractivity contribution in [1.82, 2.24) is 15.1 Å². The van der Waals surface area contributed by atoms with Crippen LogP contribution in [0.3, 0.4) is 0 Å². The number of rotatable bonds is 9. The lowest BCUT2D eigenvalue weighted by molar-refractivity contribution is -0.137. The molecule has 3 aromatic rings. The average molecular weight is 480 g/mol. The van der Waals surface area contributed by atoms with Crippen molar-refractivity contribution in [3.05, 3.63) is 77.0 Å². The van der Waals surface area contributed by atoms with Gasteiger partial charge in [-0.15, -0.1) is 0 Å². The van der Waals surface area contributed by atoms with Gasteiger partial charge >= 0.3 is 5.97 Å². The maximum atomic E-state index is 13.2. The minimum absolute atomic E-state index is 0.0210. The molecule has 1 heterocycles. The van der Waals surface area contributed by atoms with Gasteiger partial charge < -0.3 is 20.3 Å². The minimum Gasteiger partial charge on any atom is -0.481 e. The van der Waals surface area contributed by atoms with Crippen molar-refractivity contribution in [3.8, 4) is 11.6 Å². The summed E-state index contributed by atoms with van der Waals surface area (Å²) >= 11 is 0. The topological polar surface area (TPSA) is 114 Å². The number of aliphatic hydroxyl groups is 1. The fraction of sp³-hybridized carbons (Fsp3) is 0.370. The second kappa shape index (κ2) is 10.7. The fourth-order valence-corrected chi connectivity index (χ4v) is 3.54. The van der Waals surface area contributed by atoms with Crippen molar-refractivity contribution in [2.75, 3.05) is 6.61 Å². The van der Waals surface area contributed by atoms with Crippen LogP contribution in [0, 0.1) is 19.3 Å². The summed E-state index contributed by atoms with van der Waals surface area (Å²) in [6, 6.07) is 15.6. The number of para-hydroxylation sites is 1. The first-order chi connectivity index (χ1) is 16.5. The zero-order valence-corrected chi connectivity index (χ0v) is 20.8. The SMILES string of the molecule is Cc1cccc(C(CC(=O)O)NC(=O)c2cc(OCC(O)C(C)(C)C)n(-c3ccccc3)n2)c1C. The van der Waals surface area contributed by atoms with E-state index in [9.17, 15) is 19.8 Å². The molecule has 3 N–H and O–H groups in total. The van der Waals surface area contributed by atoms with E-state index in [1.54, 1.807) is 0 Å². The number of aromatic nitrogens is 2. The summed E-state index contributed by atoms with van der Waals surface area (Å²) in [6.45, 7) is 9.59. The number of ether oxygens (including phenoxy) is 1. The standard InChI is InChI=1S/C27H33N3O5/c1-17-10-9-13-20(18(17)2)21(15-25(32)33)28-26(34)22-14-24(35-16-23(31)27(3,4)5)30(29-22)19-11-7-6-8-12-19/h6-14,21,23,31H,15-16H2,1-5H3,(H,28,34)(H,32,33). The molecule has 0 radical (unpaired) electrons. The van der Waals surface area contributed by atoms with Crippen LogP contribution in [0.2, 0.25) is 0 Å². The number of benzene rings is 2. The molecule has 35 heavy (non-hydrogen) atoms. The maximum absolute atomic E-state index is 13.2. The third-order valence-electron chi connectivity index (χ3n) is 6.00. The van der Waals surface area contributed by atoms with Crippen LogP contribution in [0.4, 0.5) is 0 Å². The Hall–Kier alpha value is -3.65. The Morgan fingerprint density at radius 1 is 1.09 bits per heavy atom. The van der Waals surface area contributed by atoms with Crippen molar-refractivity contribution in [2.24, 2.45) is 5.41 Å². The van der Waals surface area contributed by atoms with E-state index >= 15 is 0 Å². The van der Waals surface area contributed by atoms with Gasteiger partial charge in [-0.2, -0.15) is 5.10 Å². The third kappa shape index (κ3) is 6.48. The molecule has 2 unspecified atom stereocenters. The van der Waals surface area contributed by atoms with Gasteiger partial charge in [0.05, 0.1) is 24.3 Å². The number of nitrogens with zero attached hydrogens (tertiary/aromatic N) is 2. The number of carboxylic acid groups (broad SMARTS) is 1. The van der Waals surface area contributed by atoms with E-state index in [-0.39, 0.29) is 24.1 Å². The Morgan fingerprint density at radius 3 is 2.40 bits per heavy atom. The molecule has 0 aliphatic carbocycles. The van der Waals surface area contributed by atoms with Gasteiger partial charge in [-0.05, 0) is 48.1 Å². The lowest BCUT2D eigenvalue weighted by atomic mass is 9.90. The molecular weight excluding hydrogens is 446 g/mol. The zero-order valence-electron chi connectivity index (χ0n) is 20.8. The lowest BCUT2D eigenvalue weighted by Crippen LogP contribution is -2.32. The molecule has 0 aliphatic rings. The summed E-state index contributed by atoms with van der Waals surface area (Å²) in [7, 11) is 0.